The molecule has 1 aromatic heterocycles. The molecule has 0 saturated heterocycles. The second-order valence-corrected chi connectivity index (χ2v) is 8.18. The minimum absolute atomic E-state index is 0.559. The molecule has 0 atom stereocenters. The van der Waals surface area contributed by atoms with Gasteiger partial charge in [-0.2, -0.15) is 0 Å². The summed E-state index contributed by atoms with van der Waals surface area (Å²) in [5.41, 5.74) is 6.76. The van der Waals surface area contributed by atoms with Crippen LogP contribution in [0.1, 0.15) is 10.4 Å². The van der Waals surface area contributed by atoms with Crippen molar-refractivity contribution >= 4 is 59.1 Å². The van der Waals surface area contributed by atoms with Gasteiger partial charge in [0.05, 0.1) is 12.7 Å². The first-order valence-corrected chi connectivity index (χ1v) is 8.84. The Hall–Kier alpha value is 0.120. The summed E-state index contributed by atoms with van der Waals surface area (Å²) in [5.74, 6) is 0.824. The van der Waals surface area contributed by atoms with Gasteiger partial charge < -0.3 is 10.5 Å². The maximum Gasteiger partial charge on any atom is 0.148 e. The average Bonchev–Trinajstić information content (AvgIpc) is 2.74. The zero-order valence-electron chi connectivity index (χ0n) is 9.96. The molecule has 0 bridgehead atoms. The van der Waals surface area contributed by atoms with Crippen molar-refractivity contribution in [2.24, 2.45) is 5.73 Å². The van der Waals surface area contributed by atoms with E-state index in [2.05, 4.69) is 66.0 Å². The largest absolute Gasteiger partial charge is 0.486 e. The summed E-state index contributed by atoms with van der Waals surface area (Å²) in [7, 11) is 0. The standard InChI is InChI=1S/C13H12Br3NOS/c14-10-5-8(3-4-17)6-11(15)13(10)18-7-9-1-2-12(16)19-9/h1-2,5-6H,3-4,7,17H2. The van der Waals surface area contributed by atoms with Crippen LogP contribution in [0.4, 0.5) is 0 Å². The molecular weight excluding hydrogens is 458 g/mol. The van der Waals surface area contributed by atoms with Crippen LogP contribution in [-0.2, 0) is 13.0 Å². The predicted molar refractivity (Wildman–Crippen MR) is 91.0 cm³/mol. The van der Waals surface area contributed by atoms with E-state index in [-0.39, 0.29) is 0 Å². The van der Waals surface area contributed by atoms with Crippen LogP contribution in [-0.4, -0.2) is 6.54 Å². The molecule has 2 rings (SSSR count). The molecule has 19 heavy (non-hydrogen) atoms. The highest BCUT2D eigenvalue weighted by molar-refractivity contribution is 9.11. The predicted octanol–water partition coefficient (Wildman–Crippen LogP) is 5.12. The second-order valence-electron chi connectivity index (χ2n) is 3.92. The molecule has 102 valence electrons. The van der Waals surface area contributed by atoms with Crippen LogP contribution in [0.25, 0.3) is 0 Å². The molecule has 0 aliphatic rings. The highest BCUT2D eigenvalue weighted by Crippen LogP contribution is 2.36. The summed E-state index contributed by atoms with van der Waals surface area (Å²) in [6, 6.07) is 8.19. The smallest absolute Gasteiger partial charge is 0.148 e. The fourth-order valence-electron chi connectivity index (χ4n) is 1.63. The van der Waals surface area contributed by atoms with Crippen LogP contribution in [0.2, 0.25) is 0 Å². The van der Waals surface area contributed by atoms with Crippen LogP contribution >= 0.6 is 59.1 Å². The molecule has 2 N–H and O–H groups in total. The molecule has 0 unspecified atom stereocenters. The number of hydrogen-bond acceptors (Lipinski definition) is 3. The molecule has 0 fully saturated rings. The number of rotatable bonds is 5. The first-order chi connectivity index (χ1) is 9.10. The van der Waals surface area contributed by atoms with Crippen molar-refractivity contribution in [2.75, 3.05) is 6.54 Å². The SMILES string of the molecule is NCCc1cc(Br)c(OCc2ccc(Br)s2)c(Br)c1. The molecule has 0 spiro atoms. The van der Waals surface area contributed by atoms with Crippen LogP contribution in [0.5, 0.6) is 5.75 Å². The third kappa shape index (κ3) is 4.29. The van der Waals surface area contributed by atoms with Crippen molar-refractivity contribution in [3.8, 4) is 5.75 Å². The number of halogens is 3. The number of ether oxygens (including phenoxy) is 1. The summed E-state index contributed by atoms with van der Waals surface area (Å²) in [4.78, 5) is 1.18. The number of nitrogens with two attached hydrogens (primary N) is 1. The molecule has 1 heterocycles. The Kier molecular flexibility index (Phi) is 5.89. The van der Waals surface area contributed by atoms with Gasteiger partial charge in [0, 0.05) is 4.88 Å². The minimum Gasteiger partial charge on any atom is -0.486 e. The first kappa shape index (κ1) is 15.5. The van der Waals surface area contributed by atoms with E-state index in [4.69, 9.17) is 10.5 Å². The van der Waals surface area contributed by atoms with Crippen molar-refractivity contribution in [3.63, 3.8) is 0 Å². The molecular formula is C13H12Br3NOS. The van der Waals surface area contributed by atoms with E-state index in [0.29, 0.717) is 13.2 Å². The minimum atomic E-state index is 0.559. The Labute approximate surface area is 141 Å². The van der Waals surface area contributed by atoms with Gasteiger partial charge in [-0.15, -0.1) is 11.3 Å². The second kappa shape index (κ2) is 7.22. The Balaban J connectivity index is 2.11. The third-order valence-corrected chi connectivity index (χ3v) is 5.25. The van der Waals surface area contributed by atoms with Gasteiger partial charge in [0.25, 0.3) is 0 Å². The number of benzene rings is 1. The van der Waals surface area contributed by atoms with Gasteiger partial charge in [0.15, 0.2) is 0 Å². The normalized spacial score (nSPS) is 10.7. The van der Waals surface area contributed by atoms with Gasteiger partial charge in [0.1, 0.15) is 12.4 Å². The van der Waals surface area contributed by atoms with E-state index >= 15 is 0 Å². The van der Waals surface area contributed by atoms with Gasteiger partial charge >= 0.3 is 0 Å². The highest BCUT2D eigenvalue weighted by atomic mass is 79.9. The maximum absolute atomic E-state index is 5.86. The lowest BCUT2D eigenvalue weighted by Crippen LogP contribution is -2.03. The van der Waals surface area contributed by atoms with Gasteiger partial charge in [-0.1, -0.05) is 0 Å². The van der Waals surface area contributed by atoms with Crippen LogP contribution in [0.15, 0.2) is 37.0 Å². The summed E-state index contributed by atoms with van der Waals surface area (Å²) in [6.07, 6.45) is 0.856. The van der Waals surface area contributed by atoms with Crippen LogP contribution < -0.4 is 10.5 Å². The van der Waals surface area contributed by atoms with E-state index < -0.39 is 0 Å². The maximum atomic E-state index is 5.86. The molecule has 0 amide bonds. The van der Waals surface area contributed by atoms with Gasteiger partial charge in [-0.3, -0.25) is 0 Å². The fraction of sp³-hybridized carbons (Fsp3) is 0.231. The molecule has 0 saturated carbocycles. The summed E-state index contributed by atoms with van der Waals surface area (Å²) >= 11 is 12.2. The number of hydrogen-bond donors (Lipinski definition) is 1. The van der Waals surface area contributed by atoms with E-state index in [1.807, 2.05) is 6.07 Å². The first-order valence-electron chi connectivity index (χ1n) is 5.65. The highest BCUT2D eigenvalue weighted by Gasteiger charge is 2.09. The van der Waals surface area contributed by atoms with E-state index in [1.165, 1.54) is 10.4 Å². The molecule has 2 aromatic rings. The Morgan fingerprint density at radius 2 is 1.79 bits per heavy atom. The average molecular weight is 470 g/mol. The van der Waals surface area contributed by atoms with Crippen molar-refractivity contribution < 1.29 is 4.74 Å². The molecule has 6 heteroatoms. The van der Waals surface area contributed by atoms with Gasteiger partial charge in [-0.05, 0) is 90.6 Å². The number of thiophene rings is 1. The van der Waals surface area contributed by atoms with Crippen molar-refractivity contribution in [1.82, 2.24) is 0 Å². The quantitative estimate of drug-likeness (QED) is 0.660. The third-order valence-electron chi connectivity index (χ3n) is 2.48. The van der Waals surface area contributed by atoms with Crippen molar-refractivity contribution in [3.05, 3.63) is 47.4 Å². The lowest BCUT2D eigenvalue weighted by Gasteiger charge is -2.11. The van der Waals surface area contributed by atoms with E-state index in [0.717, 1.165) is 24.9 Å². The Morgan fingerprint density at radius 1 is 1.11 bits per heavy atom. The summed E-state index contributed by atoms with van der Waals surface area (Å²) < 4.78 is 8.87. The van der Waals surface area contributed by atoms with Crippen LogP contribution in [0, 0.1) is 0 Å². The molecule has 0 radical (unpaired) electrons. The van der Waals surface area contributed by atoms with Crippen molar-refractivity contribution in [2.45, 2.75) is 13.0 Å². The molecule has 1 aromatic carbocycles. The molecule has 0 aliphatic heterocycles. The topological polar surface area (TPSA) is 35.2 Å². The molecule has 2 nitrogen and oxygen atoms in total. The lowest BCUT2D eigenvalue weighted by atomic mass is 10.1. The van der Waals surface area contributed by atoms with Gasteiger partial charge in [-0.25, -0.2) is 0 Å². The zero-order chi connectivity index (χ0) is 13.8. The van der Waals surface area contributed by atoms with E-state index in [1.54, 1.807) is 11.3 Å². The van der Waals surface area contributed by atoms with Crippen molar-refractivity contribution in [1.29, 1.82) is 0 Å². The lowest BCUT2D eigenvalue weighted by molar-refractivity contribution is 0.305. The van der Waals surface area contributed by atoms with Crippen LogP contribution in [0.3, 0.4) is 0 Å². The molecule has 0 aliphatic carbocycles. The summed E-state index contributed by atoms with van der Waals surface area (Å²) in [6.45, 7) is 1.20. The Bertz CT molecular complexity index is 548. The summed E-state index contributed by atoms with van der Waals surface area (Å²) in [5, 5.41) is 0. The monoisotopic (exact) mass is 467 g/mol. The Morgan fingerprint density at radius 3 is 2.32 bits per heavy atom. The zero-order valence-corrected chi connectivity index (χ0v) is 15.5. The van der Waals surface area contributed by atoms with E-state index in [9.17, 15) is 0 Å². The van der Waals surface area contributed by atoms with Gasteiger partial charge in [0.2, 0.25) is 0 Å². The fourth-order valence-corrected chi connectivity index (χ4v) is 4.54.